The van der Waals surface area contributed by atoms with Gasteiger partial charge in [-0.3, -0.25) is 0 Å². The van der Waals surface area contributed by atoms with Crippen LogP contribution in [0.4, 0.5) is 0 Å². The molecule has 0 bridgehead atoms. The van der Waals surface area contributed by atoms with Crippen molar-refractivity contribution in [3.05, 3.63) is 35.5 Å². The first-order chi connectivity index (χ1) is 8.33. The third kappa shape index (κ3) is 1.45. The first kappa shape index (κ1) is 10.4. The van der Waals surface area contributed by atoms with Gasteiger partial charge in [0.15, 0.2) is 0 Å². The second-order valence-corrected chi connectivity index (χ2v) is 4.77. The van der Waals surface area contributed by atoms with Crippen molar-refractivity contribution in [2.75, 3.05) is 0 Å². The molecule has 0 unspecified atom stereocenters. The predicted octanol–water partition coefficient (Wildman–Crippen LogP) is 3.29. The van der Waals surface area contributed by atoms with Crippen LogP contribution in [0.1, 0.15) is 36.4 Å². The van der Waals surface area contributed by atoms with Gasteiger partial charge in [0.2, 0.25) is 0 Å². The van der Waals surface area contributed by atoms with Gasteiger partial charge in [0.1, 0.15) is 5.94 Å². The summed E-state index contributed by atoms with van der Waals surface area (Å²) in [5.41, 5.74) is 3.58. The van der Waals surface area contributed by atoms with Crippen molar-refractivity contribution in [2.24, 2.45) is 7.05 Å². The van der Waals surface area contributed by atoms with Crippen molar-refractivity contribution in [3.63, 3.8) is 0 Å². The molecule has 0 atom stereocenters. The molecule has 1 aromatic heterocycles. The number of aryl methyl sites for hydroxylation is 1. The molecule has 1 saturated carbocycles. The third-order valence-corrected chi connectivity index (χ3v) is 3.89. The van der Waals surface area contributed by atoms with Crippen LogP contribution in [0.2, 0.25) is 0 Å². The summed E-state index contributed by atoms with van der Waals surface area (Å²) < 4.78 is 2.24. The summed E-state index contributed by atoms with van der Waals surface area (Å²) in [6.07, 6.45) is 5.38. The van der Waals surface area contributed by atoms with Gasteiger partial charge in [-0.05, 0) is 24.8 Å². The minimum atomic E-state index is 0.618. The fourth-order valence-electron chi connectivity index (χ4n) is 2.83. The lowest BCUT2D eigenvalue weighted by Crippen LogP contribution is -2.13. The van der Waals surface area contributed by atoms with Crippen LogP contribution >= 0.6 is 0 Å². The van der Waals surface area contributed by atoms with Crippen molar-refractivity contribution >= 4 is 22.9 Å². The molecule has 0 amide bonds. The number of carbonyl (C=O) groups excluding carboxylic acids is 1. The Bertz CT molecular complexity index is 613. The van der Waals surface area contributed by atoms with E-state index in [2.05, 4.69) is 23.7 Å². The average Bonchev–Trinajstić information content (AvgIpc) is 2.54. The molecule has 0 spiro atoms. The topological polar surface area (TPSA) is 22.0 Å². The monoisotopic (exact) mass is 225 g/mol. The second kappa shape index (κ2) is 3.90. The molecule has 0 radical (unpaired) electrons. The Hall–Kier alpha value is -1.79. The van der Waals surface area contributed by atoms with Crippen molar-refractivity contribution in [1.82, 2.24) is 4.57 Å². The number of hydrogen-bond donors (Lipinski definition) is 0. The zero-order chi connectivity index (χ0) is 11.8. The van der Waals surface area contributed by atoms with E-state index in [9.17, 15) is 4.79 Å². The molecule has 1 aromatic carbocycles. The molecule has 3 rings (SSSR count). The van der Waals surface area contributed by atoms with Gasteiger partial charge in [0.05, 0.1) is 0 Å². The Morgan fingerprint density at radius 2 is 2.12 bits per heavy atom. The van der Waals surface area contributed by atoms with Gasteiger partial charge in [0, 0.05) is 35.3 Å². The van der Waals surface area contributed by atoms with E-state index in [1.165, 1.54) is 35.9 Å². The van der Waals surface area contributed by atoms with Crippen LogP contribution in [0, 0.1) is 0 Å². The normalized spacial score (nSPS) is 15.6. The van der Waals surface area contributed by atoms with Gasteiger partial charge in [0.25, 0.3) is 0 Å². The molecule has 1 fully saturated rings. The molecule has 17 heavy (non-hydrogen) atoms. The van der Waals surface area contributed by atoms with E-state index >= 15 is 0 Å². The standard InChI is InChI=1S/C15H15NO/c1-16-14-8-3-2-7-12(14)13(9-10-17)15(16)11-5-4-6-11/h2-3,7-9,11H,4-6H2,1H3. The summed E-state index contributed by atoms with van der Waals surface area (Å²) in [5.74, 6) is 2.56. The number of fused-ring (bicyclic) bond motifs is 1. The number of aromatic nitrogens is 1. The van der Waals surface area contributed by atoms with E-state index in [1.807, 2.05) is 18.1 Å². The number of para-hydroxylation sites is 1. The summed E-state index contributed by atoms with van der Waals surface area (Å²) in [4.78, 5) is 10.7. The molecule has 1 aliphatic carbocycles. The molecule has 2 heteroatoms. The fraction of sp³-hybridized carbons (Fsp3) is 0.333. The molecule has 2 aromatic rings. The lowest BCUT2D eigenvalue weighted by Gasteiger charge is -2.27. The number of hydrogen-bond acceptors (Lipinski definition) is 1. The highest BCUT2D eigenvalue weighted by molar-refractivity contribution is 5.95. The van der Waals surface area contributed by atoms with E-state index in [-0.39, 0.29) is 0 Å². The van der Waals surface area contributed by atoms with E-state index in [1.54, 1.807) is 6.08 Å². The smallest absolute Gasteiger partial charge is 0.125 e. The fourth-order valence-corrected chi connectivity index (χ4v) is 2.83. The zero-order valence-corrected chi connectivity index (χ0v) is 9.94. The van der Waals surface area contributed by atoms with Gasteiger partial charge in [-0.25, -0.2) is 4.79 Å². The quantitative estimate of drug-likeness (QED) is 0.719. The Morgan fingerprint density at radius 3 is 2.76 bits per heavy atom. The van der Waals surface area contributed by atoms with E-state index in [0.717, 1.165) is 5.56 Å². The first-order valence-corrected chi connectivity index (χ1v) is 6.11. The van der Waals surface area contributed by atoms with Crippen LogP contribution < -0.4 is 0 Å². The Labute approximate surface area is 101 Å². The zero-order valence-electron chi connectivity index (χ0n) is 9.94. The highest BCUT2D eigenvalue weighted by atomic mass is 16.1. The lowest BCUT2D eigenvalue weighted by atomic mass is 9.81. The first-order valence-electron chi connectivity index (χ1n) is 6.11. The number of nitrogens with zero attached hydrogens (tertiary/aromatic N) is 1. The van der Waals surface area contributed by atoms with Crippen molar-refractivity contribution in [2.45, 2.75) is 25.2 Å². The van der Waals surface area contributed by atoms with Crippen LogP contribution in [-0.2, 0) is 11.8 Å². The molecule has 2 nitrogen and oxygen atoms in total. The molecular weight excluding hydrogens is 210 g/mol. The van der Waals surface area contributed by atoms with Gasteiger partial charge < -0.3 is 4.57 Å². The largest absolute Gasteiger partial charge is 0.347 e. The molecule has 0 saturated heterocycles. The van der Waals surface area contributed by atoms with Crippen LogP contribution in [0.5, 0.6) is 0 Å². The Balaban J connectivity index is 2.34. The third-order valence-electron chi connectivity index (χ3n) is 3.89. The molecule has 86 valence electrons. The summed E-state index contributed by atoms with van der Waals surface area (Å²) in [7, 11) is 2.10. The average molecular weight is 225 g/mol. The number of benzene rings is 1. The predicted molar refractivity (Wildman–Crippen MR) is 69.7 cm³/mol. The van der Waals surface area contributed by atoms with Crippen LogP contribution in [0.15, 0.2) is 24.3 Å². The highest BCUT2D eigenvalue weighted by Gasteiger charge is 2.26. The SMILES string of the molecule is Cn1c(C2CCC2)c(C=C=O)c2ccccc21. The maximum Gasteiger partial charge on any atom is 0.125 e. The van der Waals surface area contributed by atoms with E-state index in [4.69, 9.17) is 0 Å². The van der Waals surface area contributed by atoms with Gasteiger partial charge >= 0.3 is 0 Å². The maximum atomic E-state index is 10.7. The highest BCUT2D eigenvalue weighted by Crippen LogP contribution is 2.41. The van der Waals surface area contributed by atoms with Gasteiger partial charge in [-0.2, -0.15) is 0 Å². The summed E-state index contributed by atoms with van der Waals surface area (Å²) in [6.45, 7) is 0. The Kier molecular flexibility index (Phi) is 2.38. The van der Waals surface area contributed by atoms with E-state index in [0.29, 0.717) is 5.92 Å². The molecule has 1 aliphatic rings. The summed E-state index contributed by atoms with van der Waals surface area (Å²) in [6, 6.07) is 8.26. The molecule has 1 heterocycles. The van der Waals surface area contributed by atoms with Crippen LogP contribution in [0.3, 0.4) is 0 Å². The van der Waals surface area contributed by atoms with Gasteiger partial charge in [-0.1, -0.05) is 24.6 Å². The van der Waals surface area contributed by atoms with Gasteiger partial charge in [-0.15, -0.1) is 0 Å². The van der Waals surface area contributed by atoms with Crippen LogP contribution in [0.25, 0.3) is 17.0 Å². The van der Waals surface area contributed by atoms with Crippen LogP contribution in [-0.4, -0.2) is 10.5 Å². The van der Waals surface area contributed by atoms with E-state index < -0.39 is 0 Å². The molecule has 0 aliphatic heterocycles. The summed E-state index contributed by atoms with van der Waals surface area (Å²) in [5, 5.41) is 1.17. The molecular formula is C15H15NO. The van der Waals surface area contributed by atoms with Crippen molar-refractivity contribution < 1.29 is 4.79 Å². The Morgan fingerprint density at radius 1 is 1.35 bits per heavy atom. The molecule has 0 N–H and O–H groups in total. The van der Waals surface area contributed by atoms with Crippen molar-refractivity contribution in [1.29, 1.82) is 0 Å². The summed E-state index contributed by atoms with van der Waals surface area (Å²) >= 11 is 0. The lowest BCUT2D eigenvalue weighted by molar-refractivity contribution is 0.403. The maximum absolute atomic E-state index is 10.7. The second-order valence-electron chi connectivity index (χ2n) is 4.77. The van der Waals surface area contributed by atoms with Crippen molar-refractivity contribution in [3.8, 4) is 0 Å². The minimum absolute atomic E-state index is 0.618. The number of rotatable bonds is 2. The minimum Gasteiger partial charge on any atom is -0.347 e.